The van der Waals surface area contributed by atoms with E-state index in [0.717, 1.165) is 25.6 Å². The molecule has 0 heterocycles. The highest BCUT2D eigenvalue weighted by Gasteiger charge is 2.25. The molecule has 108 valence electrons. The topological polar surface area (TPSA) is 24.5 Å². The van der Waals surface area contributed by atoms with Crippen molar-refractivity contribution >= 4 is 0 Å². The summed E-state index contributed by atoms with van der Waals surface area (Å²) < 4.78 is 5.25. The van der Waals surface area contributed by atoms with Crippen LogP contribution in [0.4, 0.5) is 0 Å². The van der Waals surface area contributed by atoms with Crippen LogP contribution in [-0.4, -0.2) is 50.8 Å². The molecule has 0 amide bonds. The maximum atomic E-state index is 5.25. The van der Waals surface area contributed by atoms with Crippen LogP contribution in [0.2, 0.25) is 0 Å². The number of rotatable bonds is 8. The molecule has 0 aliphatic heterocycles. The van der Waals surface area contributed by atoms with E-state index in [1.165, 1.54) is 32.1 Å². The Morgan fingerprint density at radius 2 is 1.94 bits per heavy atom. The Hall–Kier alpha value is -0.120. The second kappa shape index (κ2) is 8.89. The normalized spacial score (nSPS) is 21.2. The minimum Gasteiger partial charge on any atom is -0.383 e. The fourth-order valence-corrected chi connectivity index (χ4v) is 3.04. The molecule has 1 aliphatic rings. The van der Waals surface area contributed by atoms with Crippen LogP contribution >= 0.6 is 0 Å². The SMILES string of the molecule is CCNC(CN(C)C(C)COC)C1CCCCC1. The average molecular weight is 256 g/mol. The molecule has 2 atom stereocenters. The maximum Gasteiger partial charge on any atom is 0.0615 e. The summed E-state index contributed by atoms with van der Waals surface area (Å²) in [5.41, 5.74) is 0. The van der Waals surface area contributed by atoms with E-state index >= 15 is 0 Å². The monoisotopic (exact) mass is 256 g/mol. The van der Waals surface area contributed by atoms with E-state index in [1.807, 2.05) is 0 Å². The van der Waals surface area contributed by atoms with E-state index in [4.69, 9.17) is 4.74 Å². The summed E-state index contributed by atoms with van der Waals surface area (Å²) in [6, 6.07) is 1.15. The second-order valence-corrected chi connectivity index (χ2v) is 5.81. The molecule has 0 spiro atoms. The van der Waals surface area contributed by atoms with Crippen LogP contribution in [0.15, 0.2) is 0 Å². The zero-order chi connectivity index (χ0) is 13.4. The first-order valence-corrected chi connectivity index (χ1v) is 7.61. The van der Waals surface area contributed by atoms with Gasteiger partial charge in [-0.3, -0.25) is 4.90 Å². The van der Waals surface area contributed by atoms with Crippen LogP contribution < -0.4 is 5.32 Å². The van der Waals surface area contributed by atoms with E-state index in [2.05, 4.69) is 31.1 Å². The van der Waals surface area contributed by atoms with Gasteiger partial charge in [0.1, 0.15) is 0 Å². The van der Waals surface area contributed by atoms with Crippen LogP contribution in [0.5, 0.6) is 0 Å². The lowest BCUT2D eigenvalue weighted by molar-refractivity contribution is 0.0994. The Kier molecular flexibility index (Phi) is 7.87. The predicted molar refractivity (Wildman–Crippen MR) is 78.0 cm³/mol. The number of likely N-dealkylation sites (N-methyl/N-ethyl adjacent to an activating group) is 2. The van der Waals surface area contributed by atoms with Crippen molar-refractivity contribution in [2.75, 3.05) is 33.9 Å². The number of methoxy groups -OCH3 is 1. The molecule has 1 N–H and O–H groups in total. The summed E-state index contributed by atoms with van der Waals surface area (Å²) in [5, 5.41) is 3.70. The lowest BCUT2D eigenvalue weighted by atomic mass is 9.83. The summed E-state index contributed by atoms with van der Waals surface area (Å²) in [6.45, 7) is 7.50. The lowest BCUT2D eigenvalue weighted by Gasteiger charge is -2.35. The molecule has 1 rings (SSSR count). The number of nitrogens with zero attached hydrogens (tertiary/aromatic N) is 1. The zero-order valence-corrected chi connectivity index (χ0v) is 12.7. The molecule has 1 saturated carbocycles. The van der Waals surface area contributed by atoms with Crippen molar-refractivity contribution in [3.8, 4) is 0 Å². The van der Waals surface area contributed by atoms with Crippen LogP contribution in [0.1, 0.15) is 46.0 Å². The van der Waals surface area contributed by atoms with E-state index in [1.54, 1.807) is 7.11 Å². The molecule has 0 aromatic heterocycles. The predicted octanol–water partition coefficient (Wildman–Crippen LogP) is 2.51. The lowest BCUT2D eigenvalue weighted by Crippen LogP contribution is -2.48. The largest absolute Gasteiger partial charge is 0.383 e. The van der Waals surface area contributed by atoms with Crippen molar-refractivity contribution in [2.24, 2.45) is 5.92 Å². The number of ether oxygens (including phenoxy) is 1. The standard InChI is InChI=1S/C15H32N2O/c1-5-16-15(14-9-7-6-8-10-14)11-17(3)13(2)12-18-4/h13-16H,5-12H2,1-4H3. The van der Waals surface area contributed by atoms with Gasteiger partial charge in [0.15, 0.2) is 0 Å². The van der Waals surface area contributed by atoms with Gasteiger partial charge in [-0.2, -0.15) is 0 Å². The van der Waals surface area contributed by atoms with Crippen LogP contribution in [0.25, 0.3) is 0 Å². The Morgan fingerprint density at radius 1 is 1.28 bits per heavy atom. The van der Waals surface area contributed by atoms with Gasteiger partial charge in [0.2, 0.25) is 0 Å². The van der Waals surface area contributed by atoms with Gasteiger partial charge >= 0.3 is 0 Å². The Bertz CT molecular complexity index is 205. The van der Waals surface area contributed by atoms with Gasteiger partial charge in [-0.1, -0.05) is 26.2 Å². The first-order chi connectivity index (χ1) is 8.69. The van der Waals surface area contributed by atoms with E-state index in [0.29, 0.717) is 12.1 Å². The molecular weight excluding hydrogens is 224 g/mol. The molecule has 0 aromatic rings. The minimum atomic E-state index is 0.500. The third-order valence-electron chi connectivity index (χ3n) is 4.33. The van der Waals surface area contributed by atoms with Gasteiger partial charge in [0.25, 0.3) is 0 Å². The first kappa shape index (κ1) is 15.9. The summed E-state index contributed by atoms with van der Waals surface area (Å²) in [5.74, 6) is 0.871. The van der Waals surface area contributed by atoms with Crippen molar-refractivity contribution in [3.05, 3.63) is 0 Å². The van der Waals surface area contributed by atoms with E-state index < -0.39 is 0 Å². The average Bonchev–Trinajstić information content (AvgIpc) is 2.39. The third kappa shape index (κ3) is 5.25. The Labute approximate surface area is 113 Å². The van der Waals surface area contributed by atoms with Crippen molar-refractivity contribution in [2.45, 2.75) is 58.0 Å². The molecule has 0 saturated heterocycles. The first-order valence-electron chi connectivity index (χ1n) is 7.61. The van der Waals surface area contributed by atoms with E-state index in [9.17, 15) is 0 Å². The summed E-state index contributed by atoms with van der Waals surface area (Å²) >= 11 is 0. The fourth-order valence-electron chi connectivity index (χ4n) is 3.04. The van der Waals surface area contributed by atoms with Crippen molar-refractivity contribution in [1.82, 2.24) is 10.2 Å². The molecule has 0 bridgehead atoms. The summed E-state index contributed by atoms with van der Waals surface area (Å²) in [7, 11) is 4.00. The summed E-state index contributed by atoms with van der Waals surface area (Å²) in [6.07, 6.45) is 7.09. The van der Waals surface area contributed by atoms with Crippen molar-refractivity contribution < 1.29 is 4.74 Å². The molecule has 1 fully saturated rings. The van der Waals surface area contributed by atoms with E-state index in [-0.39, 0.29) is 0 Å². The molecule has 3 heteroatoms. The van der Waals surface area contributed by atoms with Crippen molar-refractivity contribution in [1.29, 1.82) is 0 Å². The molecule has 18 heavy (non-hydrogen) atoms. The van der Waals surface area contributed by atoms with Crippen LogP contribution in [-0.2, 0) is 4.74 Å². The third-order valence-corrected chi connectivity index (χ3v) is 4.33. The highest BCUT2D eigenvalue weighted by atomic mass is 16.5. The van der Waals surface area contributed by atoms with Gasteiger partial charge in [-0.15, -0.1) is 0 Å². The van der Waals surface area contributed by atoms with Gasteiger partial charge in [0.05, 0.1) is 6.61 Å². The van der Waals surface area contributed by atoms with Crippen LogP contribution in [0, 0.1) is 5.92 Å². The minimum absolute atomic E-state index is 0.500. The number of hydrogen-bond donors (Lipinski definition) is 1. The van der Waals surface area contributed by atoms with Gasteiger partial charge in [-0.25, -0.2) is 0 Å². The van der Waals surface area contributed by atoms with Gasteiger partial charge < -0.3 is 10.1 Å². The maximum absolute atomic E-state index is 5.25. The molecule has 2 unspecified atom stereocenters. The quantitative estimate of drug-likeness (QED) is 0.722. The molecule has 1 aliphatic carbocycles. The number of nitrogens with one attached hydrogen (secondary N) is 1. The van der Waals surface area contributed by atoms with Gasteiger partial charge in [0, 0.05) is 25.7 Å². The molecule has 0 aromatic carbocycles. The summed E-state index contributed by atoms with van der Waals surface area (Å²) in [4.78, 5) is 2.44. The highest BCUT2D eigenvalue weighted by Crippen LogP contribution is 2.27. The zero-order valence-electron chi connectivity index (χ0n) is 12.7. The number of hydrogen-bond acceptors (Lipinski definition) is 3. The molecular formula is C15H32N2O. The van der Waals surface area contributed by atoms with Crippen molar-refractivity contribution in [3.63, 3.8) is 0 Å². The smallest absolute Gasteiger partial charge is 0.0615 e. The second-order valence-electron chi connectivity index (χ2n) is 5.81. The van der Waals surface area contributed by atoms with Crippen LogP contribution in [0.3, 0.4) is 0 Å². The van der Waals surface area contributed by atoms with Gasteiger partial charge in [-0.05, 0) is 39.3 Å². The molecule has 0 radical (unpaired) electrons. The highest BCUT2D eigenvalue weighted by molar-refractivity contribution is 4.82. The Morgan fingerprint density at radius 3 is 2.50 bits per heavy atom. The Balaban J connectivity index is 2.44. The molecule has 3 nitrogen and oxygen atoms in total. The fraction of sp³-hybridized carbons (Fsp3) is 1.00.